The summed E-state index contributed by atoms with van der Waals surface area (Å²) in [5.74, 6) is 0.614. The molecule has 1 aliphatic heterocycles. The minimum Gasteiger partial charge on any atom is -0.508 e. The first-order valence-electron chi connectivity index (χ1n) is 10.8. The lowest BCUT2D eigenvalue weighted by Gasteiger charge is -2.27. The van der Waals surface area contributed by atoms with E-state index in [-0.39, 0.29) is 17.1 Å². The number of ether oxygens (including phenoxy) is 1. The molecular formula is C27H22N2O4S. The fourth-order valence-corrected chi connectivity index (χ4v) is 5.55. The van der Waals surface area contributed by atoms with E-state index in [0.29, 0.717) is 26.4 Å². The highest BCUT2D eigenvalue weighted by Gasteiger charge is 2.33. The van der Waals surface area contributed by atoms with Crippen LogP contribution in [0.15, 0.2) is 81.7 Å². The number of benzene rings is 3. The second-order valence-corrected chi connectivity index (χ2v) is 9.14. The highest BCUT2D eigenvalue weighted by molar-refractivity contribution is 7.07. The number of hydrogen-bond donors (Lipinski definition) is 1. The van der Waals surface area contributed by atoms with Crippen molar-refractivity contribution < 1.29 is 14.6 Å². The SMILES string of the molecule is COc1ccc2ccccc2c1[C@H]1C(C(C)=O)=C(C)N=c2sc(=Cc3ccc(O)cc3)c(=O)n21. The van der Waals surface area contributed by atoms with E-state index in [0.717, 1.165) is 21.9 Å². The third kappa shape index (κ3) is 3.54. The molecular weight excluding hydrogens is 448 g/mol. The topological polar surface area (TPSA) is 80.9 Å². The molecule has 170 valence electrons. The summed E-state index contributed by atoms with van der Waals surface area (Å²) in [6.45, 7) is 3.31. The Balaban J connectivity index is 1.86. The van der Waals surface area contributed by atoms with Gasteiger partial charge in [0.1, 0.15) is 11.5 Å². The predicted molar refractivity (Wildman–Crippen MR) is 133 cm³/mol. The first kappa shape index (κ1) is 21.9. The Hall–Kier alpha value is -3.97. The molecule has 5 rings (SSSR count). The molecule has 0 fully saturated rings. The smallest absolute Gasteiger partial charge is 0.271 e. The van der Waals surface area contributed by atoms with Gasteiger partial charge in [-0.3, -0.25) is 14.2 Å². The molecule has 0 amide bonds. The van der Waals surface area contributed by atoms with E-state index in [4.69, 9.17) is 4.74 Å². The van der Waals surface area contributed by atoms with E-state index < -0.39 is 6.04 Å². The zero-order valence-corrected chi connectivity index (χ0v) is 19.7. The Morgan fingerprint density at radius 2 is 1.85 bits per heavy atom. The van der Waals surface area contributed by atoms with E-state index in [1.54, 1.807) is 48.9 Å². The number of ketones is 1. The molecule has 2 heterocycles. The number of methoxy groups -OCH3 is 1. The van der Waals surface area contributed by atoms with Gasteiger partial charge < -0.3 is 9.84 Å². The van der Waals surface area contributed by atoms with Gasteiger partial charge in [0, 0.05) is 16.8 Å². The van der Waals surface area contributed by atoms with Crippen LogP contribution in [-0.4, -0.2) is 22.6 Å². The monoisotopic (exact) mass is 470 g/mol. The van der Waals surface area contributed by atoms with E-state index >= 15 is 0 Å². The minimum absolute atomic E-state index is 0.144. The molecule has 6 nitrogen and oxygen atoms in total. The number of fused-ring (bicyclic) bond motifs is 2. The van der Waals surface area contributed by atoms with E-state index in [9.17, 15) is 14.7 Å². The number of phenols is 1. The van der Waals surface area contributed by atoms with Crippen LogP contribution in [0.1, 0.15) is 31.0 Å². The summed E-state index contributed by atoms with van der Waals surface area (Å²) in [7, 11) is 1.59. The number of aromatic hydroxyl groups is 1. The van der Waals surface area contributed by atoms with Crippen LogP contribution in [-0.2, 0) is 4.79 Å². The average Bonchev–Trinajstić information content (AvgIpc) is 3.13. The lowest BCUT2D eigenvalue weighted by atomic mass is 9.89. The molecule has 0 spiro atoms. The molecule has 0 unspecified atom stereocenters. The first-order chi connectivity index (χ1) is 16.4. The van der Waals surface area contributed by atoms with Gasteiger partial charge in [-0.2, -0.15) is 0 Å². The van der Waals surface area contributed by atoms with Gasteiger partial charge in [-0.15, -0.1) is 0 Å². The van der Waals surface area contributed by atoms with Gasteiger partial charge in [0.25, 0.3) is 5.56 Å². The van der Waals surface area contributed by atoms with Gasteiger partial charge >= 0.3 is 0 Å². The van der Waals surface area contributed by atoms with Gasteiger partial charge in [-0.1, -0.05) is 53.8 Å². The van der Waals surface area contributed by atoms with E-state index in [1.165, 1.54) is 18.3 Å². The van der Waals surface area contributed by atoms with Crippen molar-refractivity contribution in [2.24, 2.45) is 4.99 Å². The highest BCUT2D eigenvalue weighted by atomic mass is 32.1. The average molecular weight is 471 g/mol. The van der Waals surface area contributed by atoms with Gasteiger partial charge in [0.2, 0.25) is 0 Å². The molecule has 0 radical (unpaired) electrons. The van der Waals surface area contributed by atoms with Crippen molar-refractivity contribution in [3.8, 4) is 11.5 Å². The highest BCUT2D eigenvalue weighted by Crippen LogP contribution is 2.40. The van der Waals surface area contributed by atoms with Crippen molar-refractivity contribution in [3.05, 3.63) is 103 Å². The normalized spacial score (nSPS) is 15.9. The number of allylic oxidation sites excluding steroid dienone is 2. The molecule has 4 aromatic rings. The quantitative estimate of drug-likeness (QED) is 0.493. The first-order valence-corrected chi connectivity index (χ1v) is 11.6. The maximum Gasteiger partial charge on any atom is 0.271 e. The molecule has 7 heteroatoms. The molecule has 34 heavy (non-hydrogen) atoms. The maximum atomic E-state index is 13.7. The third-order valence-electron chi connectivity index (χ3n) is 6.02. The van der Waals surface area contributed by atoms with Crippen molar-refractivity contribution >= 4 is 34.0 Å². The minimum atomic E-state index is -0.670. The Morgan fingerprint density at radius 3 is 2.56 bits per heavy atom. The summed E-state index contributed by atoms with van der Waals surface area (Å²) in [6.07, 6.45) is 1.77. The lowest BCUT2D eigenvalue weighted by Crippen LogP contribution is -2.39. The van der Waals surface area contributed by atoms with Gasteiger partial charge in [-0.05, 0) is 54.5 Å². The summed E-state index contributed by atoms with van der Waals surface area (Å²) in [5, 5.41) is 11.5. The van der Waals surface area contributed by atoms with Crippen LogP contribution in [0.3, 0.4) is 0 Å². The van der Waals surface area contributed by atoms with Crippen molar-refractivity contribution in [3.63, 3.8) is 0 Å². The van der Waals surface area contributed by atoms with Gasteiger partial charge in [0.05, 0.1) is 17.7 Å². The zero-order chi connectivity index (χ0) is 24.0. The molecule has 1 aromatic heterocycles. The Kier molecular flexibility index (Phi) is 5.42. The molecule has 0 aliphatic carbocycles. The van der Waals surface area contributed by atoms with E-state index in [2.05, 4.69) is 4.99 Å². The predicted octanol–water partition coefficient (Wildman–Crippen LogP) is 3.69. The molecule has 0 bridgehead atoms. The van der Waals surface area contributed by atoms with Crippen LogP contribution in [0.5, 0.6) is 11.5 Å². The fourth-order valence-electron chi connectivity index (χ4n) is 4.50. The summed E-state index contributed by atoms with van der Waals surface area (Å²) >= 11 is 1.28. The van der Waals surface area contributed by atoms with Crippen molar-refractivity contribution in [1.82, 2.24) is 4.57 Å². The van der Waals surface area contributed by atoms with Crippen LogP contribution in [0.25, 0.3) is 16.8 Å². The van der Waals surface area contributed by atoms with Crippen molar-refractivity contribution in [2.75, 3.05) is 7.11 Å². The van der Waals surface area contributed by atoms with E-state index in [1.807, 2.05) is 36.4 Å². The fraction of sp³-hybridized carbons (Fsp3) is 0.148. The van der Waals surface area contributed by atoms with Crippen LogP contribution in [0, 0.1) is 0 Å². The lowest BCUT2D eigenvalue weighted by molar-refractivity contribution is -0.114. The number of rotatable bonds is 4. The Morgan fingerprint density at radius 1 is 1.12 bits per heavy atom. The Labute approximate surface area is 199 Å². The molecule has 1 N–H and O–H groups in total. The summed E-state index contributed by atoms with van der Waals surface area (Å²) in [4.78, 5) is 31.8. The molecule has 3 aromatic carbocycles. The number of Topliss-reactive ketones (excluding diaryl/α,β-unsaturated/α-hetero) is 1. The second kappa shape index (κ2) is 8.43. The number of phenolic OH excluding ortho intramolecular Hbond substituents is 1. The molecule has 1 aliphatic rings. The number of carbonyl (C=O) groups excluding carboxylic acids is 1. The van der Waals surface area contributed by atoms with Crippen LogP contribution >= 0.6 is 11.3 Å². The standard InChI is InChI=1S/C27H22N2O4S/c1-15-23(16(2)30)25(24-20-7-5-4-6-18(20)10-13-21(24)33-3)29-26(32)22(34-27(29)28-15)14-17-8-11-19(31)12-9-17/h4-14,25,31H,1-3H3/t25-/m1/s1. The van der Waals surface area contributed by atoms with Crippen molar-refractivity contribution in [2.45, 2.75) is 19.9 Å². The maximum absolute atomic E-state index is 13.7. The van der Waals surface area contributed by atoms with Crippen LogP contribution in [0.4, 0.5) is 0 Å². The second-order valence-electron chi connectivity index (χ2n) is 8.13. The van der Waals surface area contributed by atoms with Crippen LogP contribution < -0.4 is 19.6 Å². The van der Waals surface area contributed by atoms with Gasteiger partial charge in [0.15, 0.2) is 10.6 Å². The number of thiazole rings is 1. The number of hydrogen-bond acceptors (Lipinski definition) is 6. The summed E-state index contributed by atoms with van der Waals surface area (Å²) in [6, 6.07) is 17.7. The number of nitrogens with zero attached hydrogens (tertiary/aromatic N) is 2. The Bertz CT molecular complexity index is 1660. The number of carbonyl (C=O) groups is 1. The molecule has 0 saturated heterocycles. The van der Waals surface area contributed by atoms with Crippen molar-refractivity contribution in [1.29, 1.82) is 0 Å². The summed E-state index contributed by atoms with van der Waals surface area (Å²) < 4.78 is 7.82. The molecule has 1 atom stereocenters. The largest absolute Gasteiger partial charge is 0.508 e. The number of aromatic nitrogens is 1. The van der Waals surface area contributed by atoms with Crippen LogP contribution in [0.2, 0.25) is 0 Å². The molecule has 0 saturated carbocycles. The van der Waals surface area contributed by atoms with Gasteiger partial charge in [-0.25, -0.2) is 4.99 Å². The zero-order valence-electron chi connectivity index (χ0n) is 18.9. The summed E-state index contributed by atoms with van der Waals surface area (Å²) in [5.41, 5.74) is 2.37. The third-order valence-corrected chi connectivity index (χ3v) is 7.00.